The molecule has 40 heavy (non-hydrogen) atoms. The van der Waals surface area contributed by atoms with Crippen molar-refractivity contribution in [2.24, 2.45) is 0 Å². The van der Waals surface area contributed by atoms with Crippen LogP contribution in [-0.2, 0) is 26.2 Å². The highest BCUT2D eigenvalue weighted by molar-refractivity contribution is 7.92. The van der Waals surface area contributed by atoms with E-state index < -0.39 is 28.5 Å². The second kappa shape index (κ2) is 14.0. The lowest BCUT2D eigenvalue weighted by atomic mass is 10.0. The first-order chi connectivity index (χ1) is 19.1. The lowest BCUT2D eigenvalue weighted by molar-refractivity contribution is -0.139. The summed E-state index contributed by atoms with van der Waals surface area (Å²) in [5.41, 5.74) is 2.20. The quantitative estimate of drug-likeness (QED) is 0.316. The molecule has 3 aromatic rings. The highest BCUT2D eigenvalue weighted by Crippen LogP contribution is 2.26. The molecule has 8 nitrogen and oxygen atoms in total. The zero-order chi connectivity index (χ0) is 29.3. The number of methoxy groups -OCH3 is 1. The number of benzene rings is 3. The Kier molecular flexibility index (Phi) is 10.7. The number of nitrogens with zero attached hydrogens (tertiary/aromatic N) is 2. The van der Waals surface area contributed by atoms with Gasteiger partial charge in [0.2, 0.25) is 11.8 Å². The topological polar surface area (TPSA) is 96.0 Å². The molecule has 3 rings (SSSR count). The van der Waals surface area contributed by atoms with Crippen molar-refractivity contribution >= 4 is 27.5 Å². The third-order valence-electron chi connectivity index (χ3n) is 6.69. The predicted octanol–water partition coefficient (Wildman–Crippen LogP) is 4.96. The highest BCUT2D eigenvalue weighted by Gasteiger charge is 2.32. The Morgan fingerprint density at radius 2 is 1.52 bits per heavy atom. The number of hydrogen-bond acceptors (Lipinski definition) is 5. The van der Waals surface area contributed by atoms with E-state index in [0.717, 1.165) is 21.9 Å². The number of hydrogen-bond donors (Lipinski definition) is 1. The van der Waals surface area contributed by atoms with Crippen LogP contribution < -0.4 is 14.4 Å². The van der Waals surface area contributed by atoms with Gasteiger partial charge in [0.1, 0.15) is 18.3 Å². The Balaban J connectivity index is 2.01. The molecule has 0 saturated carbocycles. The van der Waals surface area contributed by atoms with Gasteiger partial charge in [-0.05, 0) is 66.8 Å². The lowest BCUT2D eigenvalue weighted by Crippen LogP contribution is -2.51. The number of sulfonamides is 1. The number of anilines is 1. The Morgan fingerprint density at radius 1 is 0.900 bits per heavy atom. The molecule has 3 aromatic carbocycles. The van der Waals surface area contributed by atoms with Crippen LogP contribution in [0.25, 0.3) is 0 Å². The summed E-state index contributed by atoms with van der Waals surface area (Å²) < 4.78 is 34.0. The molecular formula is C31H39N3O5S. The van der Waals surface area contributed by atoms with E-state index in [9.17, 15) is 18.0 Å². The summed E-state index contributed by atoms with van der Waals surface area (Å²) in [6.45, 7) is 7.83. The molecule has 0 aliphatic rings. The van der Waals surface area contributed by atoms with Crippen molar-refractivity contribution in [3.8, 4) is 5.75 Å². The number of ether oxygens (including phenoxy) is 1. The van der Waals surface area contributed by atoms with E-state index in [0.29, 0.717) is 18.0 Å². The monoisotopic (exact) mass is 565 g/mol. The molecule has 1 atom stereocenters. The van der Waals surface area contributed by atoms with E-state index in [1.54, 1.807) is 56.5 Å². The lowest BCUT2D eigenvalue weighted by Gasteiger charge is -2.32. The summed E-state index contributed by atoms with van der Waals surface area (Å²) in [6, 6.07) is 21.6. The molecule has 1 N–H and O–H groups in total. The molecule has 0 saturated heterocycles. The minimum Gasteiger partial charge on any atom is -0.497 e. The first-order valence-corrected chi connectivity index (χ1v) is 14.9. The van der Waals surface area contributed by atoms with Crippen LogP contribution in [0.3, 0.4) is 0 Å². The normalized spacial score (nSPS) is 12.1. The average Bonchev–Trinajstić information content (AvgIpc) is 2.97. The van der Waals surface area contributed by atoms with Gasteiger partial charge in [-0.25, -0.2) is 8.42 Å². The number of rotatable bonds is 13. The molecule has 0 radical (unpaired) electrons. The van der Waals surface area contributed by atoms with Crippen LogP contribution in [0.1, 0.15) is 51.2 Å². The largest absolute Gasteiger partial charge is 0.497 e. The fraction of sp³-hybridized carbons (Fsp3) is 0.355. The first-order valence-electron chi connectivity index (χ1n) is 13.5. The third kappa shape index (κ3) is 7.63. The molecule has 0 bridgehead atoms. The van der Waals surface area contributed by atoms with Crippen molar-refractivity contribution in [3.05, 3.63) is 90.0 Å². The second-order valence-electron chi connectivity index (χ2n) is 9.91. The van der Waals surface area contributed by atoms with E-state index in [-0.39, 0.29) is 23.3 Å². The first kappa shape index (κ1) is 30.7. The van der Waals surface area contributed by atoms with Crippen LogP contribution in [0.4, 0.5) is 5.69 Å². The number of carbonyl (C=O) groups is 2. The Labute approximate surface area is 238 Å². The van der Waals surface area contributed by atoms with Crippen LogP contribution >= 0.6 is 0 Å². The van der Waals surface area contributed by atoms with E-state index in [1.807, 2.05) is 31.2 Å². The fourth-order valence-electron chi connectivity index (χ4n) is 4.18. The Morgan fingerprint density at radius 3 is 2.08 bits per heavy atom. The number of nitrogens with one attached hydrogen (secondary N) is 1. The van der Waals surface area contributed by atoms with Gasteiger partial charge in [0.05, 0.1) is 17.7 Å². The zero-order valence-corrected chi connectivity index (χ0v) is 24.6. The zero-order valence-electron chi connectivity index (χ0n) is 23.8. The van der Waals surface area contributed by atoms with Crippen molar-refractivity contribution in [1.82, 2.24) is 10.2 Å². The van der Waals surface area contributed by atoms with Crippen molar-refractivity contribution in [2.45, 2.75) is 57.5 Å². The van der Waals surface area contributed by atoms with Crippen LogP contribution in [-0.4, -0.2) is 51.4 Å². The maximum atomic E-state index is 13.9. The maximum absolute atomic E-state index is 13.9. The Hall–Kier alpha value is -3.85. The van der Waals surface area contributed by atoms with E-state index >= 15 is 0 Å². The van der Waals surface area contributed by atoms with Gasteiger partial charge in [-0.3, -0.25) is 13.9 Å². The van der Waals surface area contributed by atoms with Crippen LogP contribution in [0.5, 0.6) is 5.75 Å². The predicted molar refractivity (Wildman–Crippen MR) is 158 cm³/mol. The summed E-state index contributed by atoms with van der Waals surface area (Å²) in [5, 5.41) is 2.84. The molecule has 2 amide bonds. The van der Waals surface area contributed by atoms with Gasteiger partial charge < -0.3 is 15.0 Å². The summed E-state index contributed by atoms with van der Waals surface area (Å²) in [5.74, 6) is 0.127. The minimum atomic E-state index is -4.09. The Bertz CT molecular complexity index is 1360. The minimum absolute atomic E-state index is 0.0752. The maximum Gasteiger partial charge on any atom is 0.264 e. The van der Waals surface area contributed by atoms with Crippen LogP contribution in [0, 0.1) is 0 Å². The SMILES string of the molecule is CCCNC(=O)[C@H](C)N(Cc1ccc(OC)cc1)C(=O)CN(c1ccc(C(C)C)cc1)S(=O)(=O)c1ccccc1. The fourth-order valence-corrected chi connectivity index (χ4v) is 5.62. The van der Waals surface area contributed by atoms with E-state index in [2.05, 4.69) is 19.2 Å². The van der Waals surface area contributed by atoms with Gasteiger partial charge in [-0.2, -0.15) is 0 Å². The van der Waals surface area contributed by atoms with Crippen molar-refractivity contribution < 1.29 is 22.7 Å². The van der Waals surface area contributed by atoms with Gasteiger partial charge in [0.15, 0.2) is 0 Å². The van der Waals surface area contributed by atoms with E-state index in [4.69, 9.17) is 4.74 Å². The van der Waals surface area contributed by atoms with Crippen molar-refractivity contribution in [3.63, 3.8) is 0 Å². The summed E-state index contributed by atoms with van der Waals surface area (Å²) in [6.07, 6.45) is 0.750. The summed E-state index contributed by atoms with van der Waals surface area (Å²) in [7, 11) is -2.52. The van der Waals surface area contributed by atoms with Gasteiger partial charge in [0, 0.05) is 13.1 Å². The van der Waals surface area contributed by atoms with Crippen molar-refractivity contribution in [2.75, 3.05) is 24.5 Å². The van der Waals surface area contributed by atoms with Crippen molar-refractivity contribution in [1.29, 1.82) is 0 Å². The molecule has 0 aromatic heterocycles. The standard InChI is InChI=1S/C31H39N3O5S/c1-6-20-32-31(36)24(4)33(21-25-12-18-28(39-5)19-13-25)30(35)22-34(27-16-14-26(15-17-27)23(2)3)40(37,38)29-10-8-7-9-11-29/h7-19,23-24H,6,20-22H2,1-5H3,(H,32,36)/t24-/m0/s1. The number of amides is 2. The highest BCUT2D eigenvalue weighted by atomic mass is 32.2. The van der Waals surface area contributed by atoms with Crippen LogP contribution in [0.2, 0.25) is 0 Å². The molecule has 0 fully saturated rings. The van der Waals surface area contributed by atoms with E-state index in [1.165, 1.54) is 17.0 Å². The third-order valence-corrected chi connectivity index (χ3v) is 8.47. The van der Waals surface area contributed by atoms with Gasteiger partial charge in [-0.1, -0.05) is 63.2 Å². The molecule has 214 valence electrons. The molecule has 9 heteroatoms. The average molecular weight is 566 g/mol. The van der Waals surface area contributed by atoms with Gasteiger partial charge in [0.25, 0.3) is 10.0 Å². The molecule has 0 aliphatic carbocycles. The number of carbonyl (C=O) groups excluding carboxylic acids is 2. The summed E-state index contributed by atoms with van der Waals surface area (Å²) >= 11 is 0. The molecule has 0 unspecified atom stereocenters. The second-order valence-corrected chi connectivity index (χ2v) is 11.8. The molecular weight excluding hydrogens is 526 g/mol. The summed E-state index contributed by atoms with van der Waals surface area (Å²) in [4.78, 5) is 28.4. The van der Waals surface area contributed by atoms with Gasteiger partial charge in [-0.15, -0.1) is 0 Å². The molecule has 0 aliphatic heterocycles. The molecule has 0 spiro atoms. The smallest absolute Gasteiger partial charge is 0.264 e. The van der Waals surface area contributed by atoms with Crippen LogP contribution in [0.15, 0.2) is 83.8 Å². The van der Waals surface area contributed by atoms with Gasteiger partial charge >= 0.3 is 0 Å². The molecule has 0 heterocycles.